The third kappa shape index (κ3) is 2.65. The molecule has 0 atom stereocenters. The molecule has 5 heteroatoms. The summed E-state index contributed by atoms with van der Waals surface area (Å²) in [6, 6.07) is 2.37. The van der Waals surface area contributed by atoms with Gasteiger partial charge in [0.15, 0.2) is 0 Å². The molecule has 0 aromatic carbocycles. The zero-order valence-corrected chi connectivity index (χ0v) is 10.8. The minimum atomic E-state index is -0.0327. The van der Waals surface area contributed by atoms with Gasteiger partial charge >= 0.3 is 0 Å². The molecule has 0 aliphatic heterocycles. The molecule has 1 fully saturated rings. The molecule has 0 radical (unpaired) electrons. The predicted molar refractivity (Wildman–Crippen MR) is 64.6 cm³/mol. The summed E-state index contributed by atoms with van der Waals surface area (Å²) in [7, 11) is 1.62. The number of halogens is 1. The van der Waals surface area contributed by atoms with E-state index < -0.39 is 0 Å². The second-order valence-corrected chi connectivity index (χ2v) is 4.85. The first-order chi connectivity index (χ1) is 7.72. The van der Waals surface area contributed by atoms with E-state index in [9.17, 15) is 4.79 Å². The fraction of sp³-hybridized carbons (Fsp3) is 0.545. The van der Waals surface area contributed by atoms with E-state index in [1.807, 2.05) is 16.8 Å². The van der Waals surface area contributed by atoms with Gasteiger partial charge in [0.1, 0.15) is 5.69 Å². The Labute approximate surface area is 103 Å². The minimum absolute atomic E-state index is 0.0327. The summed E-state index contributed by atoms with van der Waals surface area (Å²) < 4.78 is 7.90. The minimum Gasteiger partial charge on any atom is -0.383 e. The van der Waals surface area contributed by atoms with Crippen molar-refractivity contribution >= 4 is 21.8 Å². The normalized spacial score (nSPS) is 15.1. The maximum Gasteiger partial charge on any atom is 0.268 e. The number of nitrogens with one attached hydrogen (secondary N) is 1. The monoisotopic (exact) mass is 286 g/mol. The van der Waals surface area contributed by atoms with Crippen LogP contribution in [0.3, 0.4) is 0 Å². The van der Waals surface area contributed by atoms with E-state index in [0.717, 1.165) is 10.2 Å². The number of amides is 1. The van der Waals surface area contributed by atoms with E-state index in [-0.39, 0.29) is 5.91 Å². The number of carbonyl (C=O) groups is 1. The number of hydrogen-bond donors (Lipinski definition) is 1. The number of rotatable bonds is 5. The topological polar surface area (TPSA) is 43.3 Å². The molecule has 0 spiro atoms. The molecular weight excluding hydrogens is 272 g/mol. The molecule has 1 amide bonds. The summed E-state index contributed by atoms with van der Waals surface area (Å²) >= 11 is 3.40. The van der Waals surface area contributed by atoms with Crippen molar-refractivity contribution in [3.8, 4) is 0 Å². The third-order valence-corrected chi connectivity index (χ3v) is 3.01. The van der Waals surface area contributed by atoms with Crippen molar-refractivity contribution in [3.63, 3.8) is 0 Å². The highest BCUT2D eigenvalue weighted by molar-refractivity contribution is 9.10. The number of methoxy groups -OCH3 is 1. The molecule has 16 heavy (non-hydrogen) atoms. The number of carbonyl (C=O) groups excluding carboxylic acids is 1. The van der Waals surface area contributed by atoms with Crippen molar-refractivity contribution in [2.45, 2.75) is 18.9 Å². The van der Waals surface area contributed by atoms with Crippen molar-refractivity contribution in [2.75, 3.05) is 20.3 Å². The largest absolute Gasteiger partial charge is 0.383 e. The summed E-state index contributed by atoms with van der Waals surface area (Å²) in [6.45, 7) is 1.08. The molecule has 0 bridgehead atoms. The number of hydrogen-bond acceptors (Lipinski definition) is 2. The van der Waals surface area contributed by atoms with Gasteiger partial charge in [-0.15, -0.1) is 0 Å². The van der Waals surface area contributed by atoms with Crippen LogP contribution in [0.5, 0.6) is 0 Å². The fourth-order valence-electron chi connectivity index (χ4n) is 1.64. The Morgan fingerprint density at radius 1 is 1.69 bits per heavy atom. The molecule has 1 saturated carbocycles. The Morgan fingerprint density at radius 3 is 3.06 bits per heavy atom. The van der Waals surface area contributed by atoms with Crippen molar-refractivity contribution in [2.24, 2.45) is 0 Å². The SMILES string of the molecule is COCCNC(=O)c1cc(Br)cn1C1CC1. The van der Waals surface area contributed by atoms with Gasteiger partial charge in [-0.1, -0.05) is 0 Å². The van der Waals surface area contributed by atoms with Crippen LogP contribution in [0.4, 0.5) is 0 Å². The van der Waals surface area contributed by atoms with E-state index in [1.54, 1.807) is 7.11 Å². The summed E-state index contributed by atoms with van der Waals surface area (Å²) in [6.07, 6.45) is 4.31. The van der Waals surface area contributed by atoms with Gasteiger partial charge in [0.05, 0.1) is 6.61 Å². The Balaban J connectivity index is 2.03. The predicted octanol–water partition coefficient (Wildman–Crippen LogP) is 1.96. The molecule has 1 aliphatic rings. The second kappa shape index (κ2) is 5.01. The molecule has 0 unspecified atom stereocenters. The molecule has 1 aromatic heterocycles. The number of ether oxygens (including phenoxy) is 1. The maximum atomic E-state index is 11.9. The molecule has 4 nitrogen and oxygen atoms in total. The molecule has 1 heterocycles. The average molecular weight is 287 g/mol. The Bertz CT molecular complexity index is 385. The highest BCUT2D eigenvalue weighted by Crippen LogP contribution is 2.37. The van der Waals surface area contributed by atoms with Crippen LogP contribution in [0.25, 0.3) is 0 Å². The van der Waals surface area contributed by atoms with Crippen LogP contribution in [0.1, 0.15) is 29.4 Å². The molecule has 2 rings (SSSR count). The molecule has 1 aliphatic carbocycles. The number of nitrogens with zero attached hydrogens (tertiary/aromatic N) is 1. The summed E-state index contributed by atoms with van der Waals surface area (Å²) in [5.74, 6) is -0.0327. The van der Waals surface area contributed by atoms with Gasteiger partial charge in [-0.05, 0) is 34.8 Å². The average Bonchev–Trinajstić information content (AvgIpc) is 3.02. The van der Waals surface area contributed by atoms with Crippen LogP contribution >= 0.6 is 15.9 Å². The lowest BCUT2D eigenvalue weighted by Crippen LogP contribution is -2.28. The van der Waals surface area contributed by atoms with Crippen molar-refractivity contribution in [3.05, 3.63) is 22.4 Å². The van der Waals surface area contributed by atoms with Crippen LogP contribution in [0, 0.1) is 0 Å². The van der Waals surface area contributed by atoms with E-state index in [0.29, 0.717) is 19.2 Å². The molecule has 1 N–H and O–H groups in total. The first kappa shape index (κ1) is 11.7. The van der Waals surface area contributed by atoms with Gasteiger partial charge in [0.2, 0.25) is 0 Å². The van der Waals surface area contributed by atoms with Crippen LogP contribution < -0.4 is 5.32 Å². The number of aromatic nitrogens is 1. The van der Waals surface area contributed by atoms with Gasteiger partial charge < -0.3 is 14.6 Å². The van der Waals surface area contributed by atoms with Crippen molar-refractivity contribution < 1.29 is 9.53 Å². The highest BCUT2D eigenvalue weighted by atomic mass is 79.9. The van der Waals surface area contributed by atoms with Gasteiger partial charge in [0.25, 0.3) is 5.91 Å². The first-order valence-corrected chi connectivity index (χ1v) is 6.16. The maximum absolute atomic E-state index is 11.9. The Morgan fingerprint density at radius 2 is 2.44 bits per heavy atom. The Kier molecular flexibility index (Phi) is 3.66. The van der Waals surface area contributed by atoms with Crippen LogP contribution in [0.15, 0.2) is 16.7 Å². The van der Waals surface area contributed by atoms with Crippen LogP contribution in [0.2, 0.25) is 0 Å². The fourth-order valence-corrected chi connectivity index (χ4v) is 2.08. The molecular formula is C11H15BrN2O2. The van der Waals surface area contributed by atoms with Gasteiger partial charge in [-0.3, -0.25) is 4.79 Å². The standard InChI is InChI=1S/C11H15BrN2O2/c1-16-5-4-13-11(15)10-6-8(12)7-14(10)9-2-3-9/h6-7,9H,2-5H2,1H3,(H,13,15). The highest BCUT2D eigenvalue weighted by Gasteiger charge is 2.27. The molecule has 1 aromatic rings. The third-order valence-electron chi connectivity index (χ3n) is 2.58. The first-order valence-electron chi connectivity index (χ1n) is 5.37. The van der Waals surface area contributed by atoms with Gasteiger partial charge in [-0.25, -0.2) is 0 Å². The summed E-state index contributed by atoms with van der Waals surface area (Å²) in [5, 5.41) is 2.83. The summed E-state index contributed by atoms with van der Waals surface area (Å²) in [5.41, 5.74) is 0.727. The zero-order valence-electron chi connectivity index (χ0n) is 9.20. The van der Waals surface area contributed by atoms with Crippen LogP contribution in [-0.4, -0.2) is 30.7 Å². The zero-order chi connectivity index (χ0) is 11.5. The van der Waals surface area contributed by atoms with Crippen molar-refractivity contribution in [1.82, 2.24) is 9.88 Å². The Hall–Kier alpha value is -0.810. The van der Waals surface area contributed by atoms with E-state index in [4.69, 9.17) is 4.74 Å². The van der Waals surface area contributed by atoms with E-state index >= 15 is 0 Å². The summed E-state index contributed by atoms with van der Waals surface area (Å²) in [4.78, 5) is 11.9. The van der Waals surface area contributed by atoms with Crippen molar-refractivity contribution in [1.29, 1.82) is 0 Å². The lowest BCUT2D eigenvalue weighted by molar-refractivity contribution is 0.0927. The van der Waals surface area contributed by atoms with Gasteiger partial charge in [-0.2, -0.15) is 0 Å². The van der Waals surface area contributed by atoms with E-state index in [2.05, 4.69) is 21.2 Å². The van der Waals surface area contributed by atoms with Crippen LogP contribution in [-0.2, 0) is 4.74 Å². The van der Waals surface area contributed by atoms with E-state index in [1.165, 1.54) is 12.8 Å². The lowest BCUT2D eigenvalue weighted by Gasteiger charge is -2.07. The molecule has 88 valence electrons. The lowest BCUT2D eigenvalue weighted by atomic mass is 10.4. The molecule has 0 saturated heterocycles. The van der Waals surface area contributed by atoms with Gasteiger partial charge in [0, 0.05) is 30.4 Å². The second-order valence-electron chi connectivity index (χ2n) is 3.93. The smallest absolute Gasteiger partial charge is 0.268 e. The quantitative estimate of drug-likeness (QED) is 0.841.